The van der Waals surface area contributed by atoms with Gasteiger partial charge in [-0.2, -0.15) is 228 Å². The molecule has 1 aromatic heterocycles. The Kier molecular flexibility index (Phi) is 22.4. The van der Waals surface area contributed by atoms with Gasteiger partial charge in [-0.25, -0.2) is 15.0 Å². The summed E-state index contributed by atoms with van der Waals surface area (Å²) in [5, 5.41) is 0. The third kappa shape index (κ3) is 13.3. The van der Waals surface area contributed by atoms with Crippen molar-refractivity contribution in [2.24, 2.45) is 9.98 Å². The highest BCUT2D eigenvalue weighted by Crippen LogP contribution is 2.68. The van der Waals surface area contributed by atoms with E-state index in [9.17, 15) is 193 Å². The van der Waals surface area contributed by atoms with Crippen LogP contribution in [0.5, 0.6) is 0 Å². The third-order valence-electron chi connectivity index (χ3n) is 16.9. The Bertz CT molecular complexity index is 4190. The van der Waals surface area contributed by atoms with Gasteiger partial charge in [-0.05, 0) is 34.4 Å². The lowest BCUT2D eigenvalue weighted by Crippen LogP contribution is -2.69. The molecule has 0 spiro atoms. The summed E-state index contributed by atoms with van der Waals surface area (Å²) < 4.78 is 744. The lowest BCUT2D eigenvalue weighted by atomic mass is 9.88. The molecule has 4 aromatic carbocycles. The number of alkyl halides is 52. The highest BCUT2D eigenvalue weighted by Gasteiger charge is 2.95. The van der Waals surface area contributed by atoms with Crippen molar-refractivity contribution in [3.8, 4) is 0 Å². The average molecular weight is 1790 g/mol. The zero-order chi connectivity index (χ0) is 90.2. The molecule has 650 valence electrons. The number of hydrogen-bond acceptors (Lipinski definition) is 5. The average Bonchev–Trinajstić information content (AvgIpc) is 0.782. The van der Waals surface area contributed by atoms with Crippen LogP contribution in [0.15, 0.2) is 125 Å². The van der Waals surface area contributed by atoms with Gasteiger partial charge in [0.25, 0.3) is 0 Å². The SMILES string of the molecule is FC(F)(F)C(F)(F)C(F)(F)C(F)(F)C(F)(F)C(F)(F)c1ccc([C@@H]2N=C(c3cccc(C4=N[C@@H](c5ccc(C(F)(F)C(F)(F)C(F)(F)C(F)(F)C(F)(F)C(F)(F)F)cc5)[C@H](c5ccc(C(F)(F)C(F)(F)C(F)(F)C(F)(F)C(F)(F)C(F)(F)F)cc5)O4)n3)O[C@H]2c2ccc(C(F)(F)C(F)(F)C(F)(F)C(F)(F)C(F)(F)C(F)(F)F)cc2)cc1. The van der Waals surface area contributed by atoms with Gasteiger partial charge in [-0.1, -0.05) is 103 Å². The monoisotopic (exact) mass is 1790 g/mol. The molecule has 0 fully saturated rings. The van der Waals surface area contributed by atoms with Gasteiger partial charge in [0.05, 0.1) is 0 Å². The summed E-state index contributed by atoms with van der Waals surface area (Å²) in [4.78, 5) is 11.3. The Morgan fingerprint density at radius 2 is 0.353 bits per heavy atom. The maximum absolute atomic E-state index is 15.4. The van der Waals surface area contributed by atoms with Crippen molar-refractivity contribution in [2.45, 2.75) is 167 Å². The molecule has 0 saturated heterocycles. The van der Waals surface area contributed by atoms with Crippen LogP contribution < -0.4 is 0 Å². The quantitative estimate of drug-likeness (QED) is 0.0519. The maximum Gasteiger partial charge on any atom is 0.460 e. The molecule has 2 aliphatic rings. The number of nitrogens with zero attached hydrogens (tertiary/aromatic N) is 3. The minimum absolute atomic E-state index is 0.166. The van der Waals surface area contributed by atoms with Crippen LogP contribution >= 0.6 is 0 Å². The van der Waals surface area contributed by atoms with Gasteiger partial charge in [-0.3, -0.25) is 0 Å². The molecule has 0 unspecified atom stereocenters. The smallest absolute Gasteiger partial charge is 0.460 e. The van der Waals surface area contributed by atoms with Crippen LogP contribution in [0.2, 0.25) is 0 Å². The van der Waals surface area contributed by atoms with Crippen LogP contribution in [-0.2, 0) is 33.2 Å². The fourth-order valence-electron chi connectivity index (χ4n) is 10.1. The molecular formula is C59H23F52N3O2. The predicted octanol–water partition coefficient (Wildman–Crippen LogP) is 24.4. The van der Waals surface area contributed by atoms with Gasteiger partial charge >= 0.3 is 143 Å². The molecular weight excluding hydrogens is 1770 g/mol. The standard InChI is InChI=1S/C59H23F52N3O2/c60-36(61,40(68,69)44(76,77)48(84,85)52(92,93)56(100,101)102)24-12-4-20(5-13-24)30-32(22-8-16-26(17-9-22)38(64,65)42(72,73)46(80,81)50(88,89)54(96,97)58(106,107)108)115-34(113-30)28-2-1-3-29(112-28)35-114-31(21-6-14-25(15-7-21)37(62,63)41(70,71)45(78,79)49(86,87)53(94,95)57(103,104)105)33(116-35)23-10-18-27(19-11-23)39(66,67)43(74,75)47(82,83)51(90,91)55(98,99)59(109,110)111/h1-19,30-33H/t30-,31-,32-,33-/m0/s1. The lowest BCUT2D eigenvalue weighted by Gasteiger charge is -2.39. The fraction of sp³-hybridized carbons (Fsp3) is 0.475. The molecule has 0 saturated carbocycles. The second-order valence-electron chi connectivity index (χ2n) is 24.2. The van der Waals surface area contributed by atoms with Gasteiger partial charge in [0.15, 0.2) is 12.2 Å². The molecule has 116 heavy (non-hydrogen) atoms. The fourth-order valence-corrected chi connectivity index (χ4v) is 10.1. The molecule has 4 atom stereocenters. The van der Waals surface area contributed by atoms with E-state index in [2.05, 4.69) is 15.0 Å². The highest BCUT2D eigenvalue weighted by molar-refractivity contribution is 5.97. The normalized spacial score (nSPS) is 19.1. The van der Waals surface area contributed by atoms with E-state index >= 15 is 35.1 Å². The molecule has 5 nitrogen and oxygen atoms in total. The van der Waals surface area contributed by atoms with Gasteiger partial charge in [-0.15, -0.1) is 0 Å². The molecule has 3 heterocycles. The Balaban J connectivity index is 1.38. The van der Waals surface area contributed by atoms with E-state index in [4.69, 9.17) is 9.47 Å². The number of benzene rings is 4. The minimum atomic E-state index is -8.53. The van der Waals surface area contributed by atoms with Crippen molar-refractivity contribution in [3.05, 3.63) is 171 Å². The first kappa shape index (κ1) is 94.5. The van der Waals surface area contributed by atoms with Gasteiger partial charge in [0, 0.05) is 22.3 Å². The molecule has 0 bridgehead atoms. The topological polar surface area (TPSA) is 56.1 Å². The number of hydrogen-bond donors (Lipinski definition) is 0. The largest absolute Gasteiger partial charge is 0.465 e. The summed E-state index contributed by atoms with van der Waals surface area (Å²) in [5.74, 6) is -165. The number of halogens is 52. The van der Waals surface area contributed by atoms with E-state index in [1.807, 2.05) is 0 Å². The summed E-state index contributed by atoms with van der Waals surface area (Å²) in [6, 6.07) is -10.1. The first-order valence-corrected chi connectivity index (χ1v) is 29.0. The van der Waals surface area contributed by atoms with Crippen molar-refractivity contribution in [2.75, 3.05) is 0 Å². The van der Waals surface area contributed by atoms with E-state index in [1.165, 1.54) is 0 Å². The second kappa shape index (κ2) is 27.4. The number of rotatable bonds is 26. The number of ether oxygens (including phenoxy) is 2. The Morgan fingerprint density at radius 3 is 0.526 bits per heavy atom. The zero-order valence-corrected chi connectivity index (χ0v) is 53.1. The summed E-state index contributed by atoms with van der Waals surface area (Å²) in [6.45, 7) is 0. The molecule has 0 amide bonds. The van der Waals surface area contributed by atoms with Gasteiger partial charge in [0.2, 0.25) is 11.8 Å². The molecule has 7 rings (SSSR count). The van der Waals surface area contributed by atoms with E-state index in [0.29, 0.717) is 18.2 Å². The van der Waals surface area contributed by atoms with Gasteiger partial charge in [0.1, 0.15) is 23.5 Å². The molecule has 0 N–H and O–H groups in total. The van der Waals surface area contributed by atoms with Gasteiger partial charge < -0.3 is 9.47 Å². The van der Waals surface area contributed by atoms with Crippen molar-refractivity contribution in [1.29, 1.82) is 0 Å². The molecule has 5 aromatic rings. The summed E-state index contributed by atoms with van der Waals surface area (Å²) in [5.41, 5.74) is -18.3. The van der Waals surface area contributed by atoms with Crippen LogP contribution in [0.4, 0.5) is 228 Å². The van der Waals surface area contributed by atoms with Crippen LogP contribution in [-0.4, -0.2) is 136 Å². The zero-order valence-electron chi connectivity index (χ0n) is 53.1. The molecule has 0 aliphatic carbocycles. The third-order valence-corrected chi connectivity index (χ3v) is 16.9. The number of aromatic nitrogens is 1. The van der Waals surface area contributed by atoms with Crippen LogP contribution in [0.3, 0.4) is 0 Å². The van der Waals surface area contributed by atoms with Crippen molar-refractivity contribution < 1.29 is 238 Å². The summed E-state index contributed by atoms with van der Waals surface area (Å²) in [6.07, 6.45) is -37.0. The minimum Gasteiger partial charge on any atom is -0.465 e. The highest BCUT2D eigenvalue weighted by atomic mass is 19.5. The summed E-state index contributed by atoms with van der Waals surface area (Å²) in [7, 11) is 0. The maximum atomic E-state index is 15.4. The first-order valence-electron chi connectivity index (χ1n) is 29.0. The second-order valence-corrected chi connectivity index (χ2v) is 24.2. The van der Waals surface area contributed by atoms with Crippen molar-refractivity contribution >= 4 is 11.8 Å². The van der Waals surface area contributed by atoms with Crippen LogP contribution in [0.1, 0.15) is 80.2 Å². The molecule has 57 heteroatoms. The van der Waals surface area contributed by atoms with Crippen molar-refractivity contribution in [1.82, 2.24) is 4.98 Å². The lowest BCUT2D eigenvalue weighted by molar-refractivity contribution is -0.441. The number of aliphatic imine (C=N–C) groups is 2. The molecule has 2 aliphatic heterocycles. The Morgan fingerprint density at radius 1 is 0.190 bits per heavy atom. The molecule has 0 radical (unpaired) electrons. The van der Waals surface area contributed by atoms with E-state index in [-0.39, 0.29) is 48.5 Å². The Hall–Kier alpha value is -8.67. The van der Waals surface area contributed by atoms with Crippen LogP contribution in [0, 0.1) is 0 Å². The van der Waals surface area contributed by atoms with Crippen molar-refractivity contribution in [3.63, 3.8) is 0 Å². The number of pyridine rings is 1. The summed E-state index contributed by atoms with van der Waals surface area (Å²) >= 11 is 0. The van der Waals surface area contributed by atoms with E-state index in [0.717, 1.165) is 0 Å². The van der Waals surface area contributed by atoms with E-state index in [1.54, 1.807) is 0 Å². The Labute approximate surface area is 602 Å². The van der Waals surface area contributed by atoms with E-state index < -0.39 is 284 Å². The first-order chi connectivity index (χ1) is 51.3. The van der Waals surface area contributed by atoms with Crippen LogP contribution in [0.25, 0.3) is 0 Å². The predicted molar refractivity (Wildman–Crippen MR) is 275 cm³/mol.